The van der Waals surface area contributed by atoms with Gasteiger partial charge in [-0.15, -0.1) is 0 Å². The van der Waals surface area contributed by atoms with Crippen molar-refractivity contribution in [3.05, 3.63) is 107 Å². The highest BCUT2D eigenvalue weighted by molar-refractivity contribution is 14.1. The second-order valence-corrected chi connectivity index (χ2v) is 10.2. The Balaban J connectivity index is 1.43. The van der Waals surface area contributed by atoms with Gasteiger partial charge in [-0.05, 0) is 91.3 Å². The summed E-state index contributed by atoms with van der Waals surface area (Å²) in [4.78, 5) is 0. The van der Waals surface area contributed by atoms with Crippen molar-refractivity contribution >= 4 is 85.4 Å². The Bertz CT molecular complexity index is 1250. The molecule has 3 nitrogen and oxygen atoms in total. The van der Waals surface area contributed by atoms with Crippen LogP contribution in [0, 0.1) is 7.14 Å². The number of fused-ring (bicyclic) bond motifs is 1. The highest BCUT2D eigenvalue weighted by Crippen LogP contribution is 2.30. The Morgan fingerprint density at radius 1 is 0.875 bits per heavy atom. The molecule has 0 saturated heterocycles. The molecule has 0 fully saturated rings. The van der Waals surface area contributed by atoms with Gasteiger partial charge in [-0.3, -0.25) is 0 Å². The molecule has 0 radical (unpaired) electrons. The molecule has 1 N–H and O–H groups in total. The average Bonchev–Trinajstić information content (AvgIpc) is 2.78. The normalized spacial score (nSPS) is 11.2. The van der Waals surface area contributed by atoms with E-state index in [4.69, 9.17) is 27.9 Å². The van der Waals surface area contributed by atoms with Crippen LogP contribution < -0.4 is 10.2 Å². The molecule has 162 valence electrons. The van der Waals surface area contributed by atoms with Crippen LogP contribution in [0.15, 0.2) is 77.9 Å². The Morgan fingerprint density at radius 2 is 1.53 bits per heavy atom. The number of rotatable bonds is 7. The van der Waals surface area contributed by atoms with E-state index in [1.54, 1.807) is 6.21 Å². The third-order valence-electron chi connectivity index (χ3n) is 4.89. The average molecular weight is 687 g/mol. The van der Waals surface area contributed by atoms with Crippen LogP contribution >= 0.6 is 68.4 Å². The van der Waals surface area contributed by atoms with Crippen molar-refractivity contribution < 1.29 is 4.74 Å². The molecule has 0 bridgehead atoms. The van der Waals surface area contributed by atoms with Crippen molar-refractivity contribution in [1.82, 2.24) is 5.43 Å². The van der Waals surface area contributed by atoms with E-state index >= 15 is 0 Å². The summed E-state index contributed by atoms with van der Waals surface area (Å²) in [6.07, 6.45) is 1.78. The van der Waals surface area contributed by atoms with Crippen LogP contribution in [0.4, 0.5) is 0 Å². The molecule has 0 aliphatic heterocycles. The first-order valence-electron chi connectivity index (χ1n) is 9.80. The van der Waals surface area contributed by atoms with E-state index in [2.05, 4.69) is 110 Å². The van der Waals surface area contributed by atoms with E-state index < -0.39 is 0 Å². The van der Waals surface area contributed by atoms with Crippen LogP contribution in [0.2, 0.25) is 10.0 Å². The number of benzene rings is 4. The SMILES string of the molecule is Clc1cccc(Cl)c1CN/N=C\c1cc(I)c(OCc2cccc3ccccc23)c(I)c1. The van der Waals surface area contributed by atoms with E-state index in [1.165, 1.54) is 16.3 Å². The summed E-state index contributed by atoms with van der Waals surface area (Å²) in [5, 5.41) is 8.00. The van der Waals surface area contributed by atoms with Crippen LogP contribution in [-0.2, 0) is 13.2 Å². The van der Waals surface area contributed by atoms with E-state index in [0.717, 1.165) is 24.0 Å². The van der Waals surface area contributed by atoms with E-state index in [9.17, 15) is 0 Å². The fourth-order valence-electron chi connectivity index (χ4n) is 3.31. The lowest BCUT2D eigenvalue weighted by atomic mass is 10.1. The summed E-state index contributed by atoms with van der Waals surface area (Å²) >= 11 is 17.0. The van der Waals surface area contributed by atoms with E-state index in [0.29, 0.717) is 23.2 Å². The molecule has 32 heavy (non-hydrogen) atoms. The van der Waals surface area contributed by atoms with Gasteiger partial charge < -0.3 is 10.2 Å². The topological polar surface area (TPSA) is 33.6 Å². The van der Waals surface area contributed by atoms with Crippen LogP contribution in [0.25, 0.3) is 10.8 Å². The minimum absolute atomic E-state index is 0.454. The minimum Gasteiger partial charge on any atom is -0.487 e. The van der Waals surface area contributed by atoms with Gasteiger partial charge >= 0.3 is 0 Å². The van der Waals surface area contributed by atoms with Crippen LogP contribution in [-0.4, -0.2) is 6.21 Å². The molecule has 0 unspecified atom stereocenters. The number of hydrogen-bond donors (Lipinski definition) is 1. The van der Waals surface area contributed by atoms with Gasteiger partial charge in [0.25, 0.3) is 0 Å². The summed E-state index contributed by atoms with van der Waals surface area (Å²) in [6.45, 7) is 0.969. The number of nitrogens with zero attached hydrogens (tertiary/aromatic N) is 1. The molecule has 0 amide bonds. The van der Waals surface area contributed by atoms with Crippen LogP contribution in [0.1, 0.15) is 16.7 Å². The fourth-order valence-corrected chi connectivity index (χ4v) is 5.97. The van der Waals surface area contributed by atoms with Gasteiger partial charge in [0.1, 0.15) is 12.4 Å². The summed E-state index contributed by atoms with van der Waals surface area (Å²) in [6, 6.07) is 24.2. The van der Waals surface area contributed by atoms with Gasteiger partial charge in [-0.1, -0.05) is 71.7 Å². The third-order valence-corrected chi connectivity index (χ3v) is 7.21. The molecule has 4 aromatic carbocycles. The number of halogens is 4. The second-order valence-electron chi connectivity index (χ2n) is 7.03. The first kappa shape index (κ1) is 23.6. The minimum atomic E-state index is 0.454. The third kappa shape index (κ3) is 5.68. The Morgan fingerprint density at radius 3 is 2.28 bits per heavy atom. The maximum atomic E-state index is 6.22. The standard InChI is InChI=1S/C25H18Cl2I2N2O/c26-21-9-4-10-22(27)20(21)14-31-30-13-16-11-23(28)25(24(29)12-16)32-15-18-7-3-6-17-5-1-2-8-19(17)18/h1-13,31H,14-15H2/b30-13-. The lowest BCUT2D eigenvalue weighted by Gasteiger charge is -2.13. The van der Waals surface area contributed by atoms with Gasteiger partial charge in [0.15, 0.2) is 0 Å². The quantitative estimate of drug-likeness (QED) is 0.121. The molecule has 0 aromatic heterocycles. The van der Waals surface area contributed by atoms with Crippen LogP contribution in [0.5, 0.6) is 5.75 Å². The maximum absolute atomic E-state index is 6.22. The van der Waals surface area contributed by atoms with E-state index in [-0.39, 0.29) is 0 Å². The molecule has 0 atom stereocenters. The number of hydrogen-bond acceptors (Lipinski definition) is 3. The number of hydrazone groups is 1. The van der Waals surface area contributed by atoms with Crippen molar-refractivity contribution in [2.24, 2.45) is 5.10 Å². The zero-order chi connectivity index (χ0) is 22.5. The van der Waals surface area contributed by atoms with Gasteiger partial charge in [0.05, 0.1) is 19.9 Å². The molecule has 0 aliphatic carbocycles. The zero-order valence-electron chi connectivity index (χ0n) is 16.8. The molecular formula is C25H18Cl2I2N2O. The molecule has 4 rings (SSSR count). The highest BCUT2D eigenvalue weighted by atomic mass is 127. The predicted molar refractivity (Wildman–Crippen MR) is 151 cm³/mol. The van der Waals surface area contributed by atoms with Crippen molar-refractivity contribution in [3.63, 3.8) is 0 Å². The Kier molecular flexibility index (Phi) is 8.15. The molecule has 0 saturated carbocycles. The smallest absolute Gasteiger partial charge is 0.146 e. The lowest BCUT2D eigenvalue weighted by molar-refractivity contribution is 0.303. The number of ether oxygens (including phenoxy) is 1. The first-order valence-corrected chi connectivity index (χ1v) is 12.7. The summed E-state index contributed by atoms with van der Waals surface area (Å²) in [5.74, 6) is 0.882. The van der Waals surface area contributed by atoms with Crippen molar-refractivity contribution in [3.8, 4) is 5.75 Å². The van der Waals surface area contributed by atoms with Gasteiger partial charge in [-0.2, -0.15) is 5.10 Å². The van der Waals surface area contributed by atoms with Crippen molar-refractivity contribution in [1.29, 1.82) is 0 Å². The molecule has 0 heterocycles. The fraction of sp³-hybridized carbons (Fsp3) is 0.0800. The Hall–Kier alpha value is -1.55. The Labute approximate surface area is 224 Å². The molecule has 0 spiro atoms. The summed E-state index contributed by atoms with van der Waals surface area (Å²) < 4.78 is 8.29. The first-order chi connectivity index (χ1) is 15.5. The van der Waals surface area contributed by atoms with Gasteiger partial charge in [0, 0.05) is 15.6 Å². The van der Waals surface area contributed by atoms with E-state index in [1.807, 2.05) is 18.2 Å². The largest absolute Gasteiger partial charge is 0.487 e. The molecular weight excluding hydrogens is 669 g/mol. The van der Waals surface area contributed by atoms with Crippen molar-refractivity contribution in [2.75, 3.05) is 0 Å². The van der Waals surface area contributed by atoms with Gasteiger partial charge in [-0.25, -0.2) is 0 Å². The van der Waals surface area contributed by atoms with Crippen LogP contribution in [0.3, 0.4) is 0 Å². The summed E-state index contributed by atoms with van der Waals surface area (Å²) in [7, 11) is 0. The monoisotopic (exact) mass is 686 g/mol. The molecule has 4 aromatic rings. The second kappa shape index (κ2) is 11.0. The molecule has 0 aliphatic rings. The summed E-state index contributed by atoms with van der Waals surface area (Å²) in [5.41, 5.74) is 5.99. The predicted octanol–water partition coefficient (Wildman–Crippen LogP) is 8.06. The lowest BCUT2D eigenvalue weighted by Crippen LogP contribution is -2.07. The molecule has 7 heteroatoms. The number of nitrogens with one attached hydrogen (secondary N) is 1. The van der Waals surface area contributed by atoms with Crippen molar-refractivity contribution in [2.45, 2.75) is 13.2 Å². The maximum Gasteiger partial charge on any atom is 0.146 e. The van der Waals surface area contributed by atoms with Gasteiger partial charge in [0.2, 0.25) is 0 Å². The zero-order valence-corrected chi connectivity index (χ0v) is 22.6. The highest BCUT2D eigenvalue weighted by Gasteiger charge is 2.10.